The lowest BCUT2D eigenvalue weighted by molar-refractivity contribution is 0.0519. The topological polar surface area (TPSA) is 62.4 Å². The summed E-state index contributed by atoms with van der Waals surface area (Å²) >= 11 is 0. The third-order valence-corrected chi connectivity index (χ3v) is 4.02. The maximum Gasteiger partial charge on any atom is 0.355 e. The Morgan fingerprint density at radius 3 is 2.38 bits per heavy atom. The molecule has 2 rings (SSSR count). The van der Waals surface area contributed by atoms with E-state index in [2.05, 4.69) is 4.98 Å². The second-order valence-electron chi connectivity index (χ2n) is 5.65. The van der Waals surface area contributed by atoms with Crippen LogP contribution in [0.3, 0.4) is 0 Å². The molecular formula is C19H24N2O3. The summed E-state index contributed by atoms with van der Waals surface area (Å²) in [4.78, 5) is 29.7. The summed E-state index contributed by atoms with van der Waals surface area (Å²) in [7, 11) is 0. The number of hydrogen-bond acceptors (Lipinski definition) is 3. The Hall–Kier alpha value is -2.56. The number of nitrogens with one attached hydrogen (secondary N) is 1. The highest BCUT2D eigenvalue weighted by Crippen LogP contribution is 2.21. The molecule has 1 heterocycles. The van der Waals surface area contributed by atoms with Crippen LogP contribution in [0.15, 0.2) is 30.3 Å². The molecule has 0 radical (unpaired) electrons. The van der Waals surface area contributed by atoms with Crippen LogP contribution in [0, 0.1) is 13.8 Å². The van der Waals surface area contributed by atoms with Crippen LogP contribution in [0.1, 0.15) is 51.5 Å². The largest absolute Gasteiger partial charge is 0.461 e. The summed E-state index contributed by atoms with van der Waals surface area (Å²) in [6, 6.07) is 9.86. The molecule has 0 aliphatic rings. The van der Waals surface area contributed by atoms with Crippen molar-refractivity contribution in [3.05, 3.63) is 58.4 Å². The van der Waals surface area contributed by atoms with Crippen molar-refractivity contribution in [3.8, 4) is 0 Å². The van der Waals surface area contributed by atoms with E-state index in [0.29, 0.717) is 42.2 Å². The second kappa shape index (κ2) is 7.81. The highest BCUT2D eigenvalue weighted by molar-refractivity contribution is 6.01. The van der Waals surface area contributed by atoms with E-state index in [1.165, 1.54) is 0 Å². The normalized spacial score (nSPS) is 10.5. The van der Waals surface area contributed by atoms with Crippen molar-refractivity contribution in [3.63, 3.8) is 0 Å². The Morgan fingerprint density at radius 1 is 1.12 bits per heavy atom. The predicted molar refractivity (Wildman–Crippen MR) is 93.1 cm³/mol. The Bertz CT molecular complexity index is 720. The van der Waals surface area contributed by atoms with Crippen LogP contribution in [0.4, 0.5) is 0 Å². The van der Waals surface area contributed by atoms with E-state index in [0.717, 1.165) is 5.56 Å². The third-order valence-electron chi connectivity index (χ3n) is 4.02. The fraction of sp³-hybridized carbons (Fsp3) is 0.368. The van der Waals surface area contributed by atoms with Crippen LogP contribution in [-0.2, 0) is 11.3 Å². The van der Waals surface area contributed by atoms with Crippen molar-refractivity contribution < 1.29 is 14.3 Å². The number of aromatic nitrogens is 1. The van der Waals surface area contributed by atoms with E-state index in [9.17, 15) is 9.59 Å². The molecule has 0 saturated heterocycles. The minimum atomic E-state index is -0.428. The van der Waals surface area contributed by atoms with Gasteiger partial charge in [-0.2, -0.15) is 0 Å². The number of amides is 1. The van der Waals surface area contributed by atoms with Gasteiger partial charge in [-0.1, -0.05) is 30.3 Å². The molecule has 0 saturated carbocycles. The molecule has 0 unspecified atom stereocenters. The number of aromatic amines is 1. The molecule has 0 bridgehead atoms. The SMILES string of the molecule is CCOC(=O)c1[nH]c(C)c(C(=O)N(CC)Cc2ccccc2)c1C. The Balaban J connectivity index is 2.29. The van der Waals surface area contributed by atoms with Crippen molar-refractivity contribution in [1.29, 1.82) is 0 Å². The van der Waals surface area contributed by atoms with Gasteiger partial charge >= 0.3 is 5.97 Å². The van der Waals surface area contributed by atoms with E-state index in [-0.39, 0.29) is 5.91 Å². The smallest absolute Gasteiger partial charge is 0.355 e. The van der Waals surface area contributed by atoms with Crippen molar-refractivity contribution in [2.75, 3.05) is 13.2 Å². The standard InChI is InChI=1S/C19H24N2O3/c1-5-21(12-15-10-8-7-9-11-15)18(22)16-13(3)17(20-14(16)4)19(23)24-6-2/h7-11,20H,5-6,12H2,1-4H3. The summed E-state index contributed by atoms with van der Waals surface area (Å²) < 4.78 is 5.04. The molecule has 0 aliphatic heterocycles. The zero-order chi connectivity index (χ0) is 17.7. The van der Waals surface area contributed by atoms with Gasteiger partial charge in [0.15, 0.2) is 0 Å². The van der Waals surface area contributed by atoms with Crippen LogP contribution < -0.4 is 0 Å². The van der Waals surface area contributed by atoms with E-state index in [1.54, 1.807) is 25.7 Å². The fourth-order valence-electron chi connectivity index (χ4n) is 2.77. The van der Waals surface area contributed by atoms with Gasteiger partial charge in [0.2, 0.25) is 0 Å². The van der Waals surface area contributed by atoms with Gasteiger partial charge in [-0.3, -0.25) is 4.79 Å². The Labute approximate surface area is 142 Å². The van der Waals surface area contributed by atoms with Crippen LogP contribution in [0.5, 0.6) is 0 Å². The van der Waals surface area contributed by atoms with Crippen LogP contribution in [0.2, 0.25) is 0 Å². The number of carbonyl (C=O) groups is 2. The van der Waals surface area contributed by atoms with Gasteiger partial charge in [-0.15, -0.1) is 0 Å². The molecule has 1 amide bonds. The number of nitrogens with zero attached hydrogens (tertiary/aromatic N) is 1. The number of hydrogen-bond donors (Lipinski definition) is 1. The molecule has 0 aliphatic carbocycles. The lowest BCUT2D eigenvalue weighted by Gasteiger charge is -2.21. The summed E-state index contributed by atoms with van der Waals surface area (Å²) in [5, 5.41) is 0. The van der Waals surface area contributed by atoms with Crippen molar-refractivity contribution in [1.82, 2.24) is 9.88 Å². The van der Waals surface area contributed by atoms with Crippen molar-refractivity contribution >= 4 is 11.9 Å². The van der Waals surface area contributed by atoms with Gasteiger partial charge in [0.1, 0.15) is 5.69 Å². The van der Waals surface area contributed by atoms with Crippen LogP contribution in [-0.4, -0.2) is 34.9 Å². The van der Waals surface area contributed by atoms with Gasteiger partial charge in [0, 0.05) is 18.8 Å². The minimum absolute atomic E-state index is 0.0804. The van der Waals surface area contributed by atoms with Crippen molar-refractivity contribution in [2.45, 2.75) is 34.2 Å². The van der Waals surface area contributed by atoms with E-state index in [1.807, 2.05) is 37.3 Å². The average Bonchev–Trinajstić information content (AvgIpc) is 2.88. The molecule has 2 aromatic rings. The van der Waals surface area contributed by atoms with Gasteiger partial charge < -0.3 is 14.6 Å². The first-order valence-corrected chi connectivity index (χ1v) is 8.19. The van der Waals surface area contributed by atoms with E-state index >= 15 is 0 Å². The lowest BCUT2D eigenvalue weighted by atomic mass is 10.1. The molecule has 1 aromatic heterocycles. The molecular weight excluding hydrogens is 304 g/mol. The minimum Gasteiger partial charge on any atom is -0.461 e. The summed E-state index contributed by atoms with van der Waals surface area (Å²) in [5.74, 6) is -0.508. The first kappa shape index (κ1) is 17.8. The van der Waals surface area contributed by atoms with Gasteiger partial charge in [-0.05, 0) is 38.8 Å². The first-order valence-electron chi connectivity index (χ1n) is 8.19. The lowest BCUT2D eigenvalue weighted by Crippen LogP contribution is -2.31. The van der Waals surface area contributed by atoms with Gasteiger partial charge in [0.05, 0.1) is 12.2 Å². The number of benzene rings is 1. The Kier molecular flexibility index (Phi) is 5.79. The molecule has 0 spiro atoms. The zero-order valence-electron chi connectivity index (χ0n) is 14.7. The van der Waals surface area contributed by atoms with Gasteiger partial charge in [-0.25, -0.2) is 4.79 Å². The predicted octanol–water partition coefficient (Wildman–Crippen LogP) is 3.47. The monoisotopic (exact) mass is 328 g/mol. The number of ether oxygens (including phenoxy) is 1. The Morgan fingerprint density at radius 2 is 1.79 bits per heavy atom. The number of aryl methyl sites for hydroxylation is 1. The number of esters is 1. The number of H-pyrrole nitrogens is 1. The molecule has 24 heavy (non-hydrogen) atoms. The molecule has 0 fully saturated rings. The number of rotatable bonds is 6. The summed E-state index contributed by atoms with van der Waals surface area (Å²) in [6.45, 7) is 8.72. The molecule has 0 atom stereocenters. The summed E-state index contributed by atoms with van der Waals surface area (Å²) in [6.07, 6.45) is 0. The molecule has 1 aromatic carbocycles. The van der Waals surface area contributed by atoms with Crippen molar-refractivity contribution in [2.24, 2.45) is 0 Å². The van der Waals surface area contributed by atoms with Crippen LogP contribution >= 0.6 is 0 Å². The molecule has 5 nitrogen and oxygen atoms in total. The van der Waals surface area contributed by atoms with E-state index < -0.39 is 5.97 Å². The fourth-order valence-corrected chi connectivity index (χ4v) is 2.77. The van der Waals surface area contributed by atoms with Gasteiger partial charge in [0.25, 0.3) is 5.91 Å². The maximum atomic E-state index is 13.0. The highest BCUT2D eigenvalue weighted by atomic mass is 16.5. The first-order chi connectivity index (χ1) is 11.5. The van der Waals surface area contributed by atoms with Crippen LogP contribution in [0.25, 0.3) is 0 Å². The quantitative estimate of drug-likeness (QED) is 0.826. The average molecular weight is 328 g/mol. The maximum absolute atomic E-state index is 13.0. The molecule has 128 valence electrons. The van der Waals surface area contributed by atoms with E-state index in [4.69, 9.17) is 4.74 Å². The molecule has 5 heteroatoms. The zero-order valence-corrected chi connectivity index (χ0v) is 14.7. The second-order valence-corrected chi connectivity index (χ2v) is 5.65. The molecule has 1 N–H and O–H groups in total. The third kappa shape index (κ3) is 3.67. The summed E-state index contributed by atoms with van der Waals surface area (Å²) in [5.41, 5.74) is 3.31. The number of carbonyl (C=O) groups excluding carboxylic acids is 2. The highest BCUT2D eigenvalue weighted by Gasteiger charge is 2.25.